The summed E-state index contributed by atoms with van der Waals surface area (Å²) >= 11 is 0. The summed E-state index contributed by atoms with van der Waals surface area (Å²) in [7, 11) is 0. The van der Waals surface area contributed by atoms with E-state index < -0.39 is 17.4 Å². The van der Waals surface area contributed by atoms with Gasteiger partial charge in [-0.15, -0.1) is 0 Å². The smallest absolute Gasteiger partial charge is 0.187 e. The molecule has 6 heteroatoms. The van der Waals surface area contributed by atoms with E-state index in [0.29, 0.717) is 12.1 Å². The third-order valence-electron chi connectivity index (χ3n) is 3.34. The number of halogens is 2. The monoisotopic (exact) mass is 286 g/mol. The molecular weight excluding hydrogens is 266 g/mol. The lowest BCUT2D eigenvalue weighted by atomic mass is 10.2. The molecule has 1 heterocycles. The highest BCUT2D eigenvalue weighted by Crippen LogP contribution is 2.21. The third kappa shape index (κ3) is 4.40. The number of phenols is 1. The van der Waals surface area contributed by atoms with E-state index in [1.165, 1.54) is 0 Å². The number of benzene rings is 1. The van der Waals surface area contributed by atoms with Crippen molar-refractivity contribution >= 4 is 0 Å². The van der Waals surface area contributed by atoms with Crippen LogP contribution in [0.1, 0.15) is 12.0 Å². The summed E-state index contributed by atoms with van der Waals surface area (Å²) in [5.41, 5.74) is 0.490. The van der Waals surface area contributed by atoms with Crippen LogP contribution in [0.2, 0.25) is 0 Å². The molecule has 0 amide bonds. The Kier molecular flexibility index (Phi) is 5.70. The van der Waals surface area contributed by atoms with E-state index in [1.807, 2.05) is 0 Å². The van der Waals surface area contributed by atoms with Gasteiger partial charge in [-0.1, -0.05) is 0 Å². The number of hydrogen-bond donors (Lipinski definition) is 2. The predicted molar refractivity (Wildman–Crippen MR) is 71.6 cm³/mol. The van der Waals surface area contributed by atoms with Gasteiger partial charge in [0.15, 0.2) is 17.4 Å². The van der Waals surface area contributed by atoms with E-state index in [1.54, 1.807) is 0 Å². The molecule has 112 valence electrons. The Labute approximate surface area is 117 Å². The van der Waals surface area contributed by atoms with Gasteiger partial charge in [0.05, 0.1) is 13.2 Å². The highest BCUT2D eigenvalue weighted by atomic mass is 19.1. The van der Waals surface area contributed by atoms with Gasteiger partial charge in [-0.05, 0) is 37.2 Å². The molecule has 0 saturated carbocycles. The predicted octanol–water partition coefficient (Wildman–Crippen LogP) is 1.48. The van der Waals surface area contributed by atoms with Gasteiger partial charge in [0.1, 0.15) is 0 Å². The number of nitrogens with zero attached hydrogens (tertiary/aromatic N) is 1. The second-order valence-corrected chi connectivity index (χ2v) is 4.89. The van der Waals surface area contributed by atoms with Crippen LogP contribution < -0.4 is 5.32 Å². The van der Waals surface area contributed by atoms with Crippen LogP contribution in [0.25, 0.3) is 0 Å². The minimum atomic E-state index is -0.921. The van der Waals surface area contributed by atoms with Gasteiger partial charge in [0.2, 0.25) is 0 Å². The second-order valence-electron chi connectivity index (χ2n) is 4.89. The topological polar surface area (TPSA) is 44.7 Å². The molecule has 0 spiro atoms. The number of hydrogen-bond acceptors (Lipinski definition) is 4. The largest absolute Gasteiger partial charge is 0.503 e. The lowest BCUT2D eigenvalue weighted by molar-refractivity contribution is 0.0374. The molecule has 0 aliphatic carbocycles. The SMILES string of the molecule is Oc1c(F)cc(CNCCCN2CCOCC2)cc1F. The van der Waals surface area contributed by atoms with Gasteiger partial charge in [-0.25, -0.2) is 8.78 Å². The highest BCUT2D eigenvalue weighted by molar-refractivity contribution is 5.29. The molecule has 0 radical (unpaired) electrons. The van der Waals surface area contributed by atoms with Gasteiger partial charge in [-0.3, -0.25) is 4.90 Å². The molecule has 20 heavy (non-hydrogen) atoms. The third-order valence-corrected chi connectivity index (χ3v) is 3.34. The zero-order valence-corrected chi connectivity index (χ0v) is 11.4. The number of nitrogens with one attached hydrogen (secondary N) is 1. The zero-order valence-electron chi connectivity index (χ0n) is 11.4. The average Bonchev–Trinajstić information content (AvgIpc) is 2.45. The maximum atomic E-state index is 13.1. The molecule has 0 aromatic heterocycles. The Morgan fingerprint density at radius 1 is 1.20 bits per heavy atom. The second kappa shape index (κ2) is 7.52. The van der Waals surface area contributed by atoms with Crippen molar-refractivity contribution in [3.8, 4) is 5.75 Å². The zero-order chi connectivity index (χ0) is 14.4. The summed E-state index contributed by atoms with van der Waals surface area (Å²) in [6.07, 6.45) is 0.975. The van der Waals surface area contributed by atoms with Crippen molar-refractivity contribution in [1.82, 2.24) is 10.2 Å². The van der Waals surface area contributed by atoms with Crippen molar-refractivity contribution < 1.29 is 18.6 Å². The van der Waals surface area contributed by atoms with Crippen LogP contribution in [0.15, 0.2) is 12.1 Å². The van der Waals surface area contributed by atoms with Crippen LogP contribution >= 0.6 is 0 Å². The minimum Gasteiger partial charge on any atom is -0.503 e. The van der Waals surface area contributed by atoms with E-state index in [9.17, 15) is 8.78 Å². The first-order valence-electron chi connectivity index (χ1n) is 6.84. The summed E-state index contributed by atoms with van der Waals surface area (Å²) in [6.45, 7) is 5.68. The van der Waals surface area contributed by atoms with Crippen molar-refractivity contribution in [1.29, 1.82) is 0 Å². The number of rotatable bonds is 6. The van der Waals surface area contributed by atoms with Crippen molar-refractivity contribution in [2.24, 2.45) is 0 Å². The standard InChI is InChI=1S/C14H20F2N2O2/c15-12-8-11(9-13(16)14(12)19)10-17-2-1-3-18-4-6-20-7-5-18/h8-9,17,19H,1-7,10H2. The molecule has 1 aliphatic heterocycles. The van der Waals surface area contributed by atoms with Crippen molar-refractivity contribution in [2.75, 3.05) is 39.4 Å². The lowest BCUT2D eigenvalue weighted by Crippen LogP contribution is -2.37. The fourth-order valence-electron chi connectivity index (χ4n) is 2.21. The molecule has 2 rings (SSSR count). The van der Waals surface area contributed by atoms with E-state index in [2.05, 4.69) is 10.2 Å². The maximum absolute atomic E-state index is 13.1. The Morgan fingerprint density at radius 2 is 1.85 bits per heavy atom. The number of morpholine rings is 1. The number of phenolic OH excluding ortho intramolecular Hbond substituents is 1. The molecule has 1 aromatic carbocycles. The Morgan fingerprint density at radius 3 is 2.50 bits per heavy atom. The normalized spacial score (nSPS) is 16.5. The van der Waals surface area contributed by atoms with Gasteiger partial charge in [0, 0.05) is 19.6 Å². The lowest BCUT2D eigenvalue weighted by Gasteiger charge is -2.26. The first kappa shape index (κ1) is 15.2. The van der Waals surface area contributed by atoms with Crippen molar-refractivity contribution in [3.63, 3.8) is 0 Å². The number of aromatic hydroxyl groups is 1. The molecule has 1 aromatic rings. The fourth-order valence-corrected chi connectivity index (χ4v) is 2.21. The Hall–Kier alpha value is -1.24. The summed E-state index contributed by atoms with van der Waals surface area (Å²) < 4.78 is 31.5. The summed E-state index contributed by atoms with van der Waals surface area (Å²) in [5, 5.41) is 12.1. The van der Waals surface area contributed by atoms with E-state index in [4.69, 9.17) is 9.84 Å². The van der Waals surface area contributed by atoms with Crippen LogP contribution in [0, 0.1) is 11.6 Å². The minimum absolute atomic E-state index is 0.386. The van der Waals surface area contributed by atoms with Crippen LogP contribution in [0.3, 0.4) is 0 Å². The van der Waals surface area contributed by atoms with Gasteiger partial charge in [0.25, 0.3) is 0 Å². The average molecular weight is 286 g/mol. The Balaban J connectivity index is 1.65. The van der Waals surface area contributed by atoms with Crippen LogP contribution in [-0.2, 0) is 11.3 Å². The summed E-state index contributed by atoms with van der Waals surface area (Å²) in [6, 6.07) is 2.29. The Bertz CT molecular complexity index is 414. The molecule has 4 nitrogen and oxygen atoms in total. The van der Waals surface area contributed by atoms with E-state index in [-0.39, 0.29) is 0 Å². The first-order chi connectivity index (χ1) is 9.66. The first-order valence-corrected chi connectivity index (χ1v) is 6.84. The van der Waals surface area contributed by atoms with E-state index >= 15 is 0 Å². The molecule has 2 N–H and O–H groups in total. The molecule has 1 saturated heterocycles. The van der Waals surface area contributed by atoms with Crippen molar-refractivity contribution in [3.05, 3.63) is 29.3 Å². The molecule has 0 unspecified atom stereocenters. The van der Waals surface area contributed by atoms with Gasteiger partial charge in [-0.2, -0.15) is 0 Å². The molecule has 0 atom stereocenters. The molecule has 1 fully saturated rings. The fraction of sp³-hybridized carbons (Fsp3) is 0.571. The maximum Gasteiger partial charge on any atom is 0.187 e. The number of ether oxygens (including phenoxy) is 1. The summed E-state index contributed by atoms with van der Waals surface area (Å²) in [5.74, 6) is -2.76. The molecule has 0 bridgehead atoms. The van der Waals surface area contributed by atoms with Crippen LogP contribution in [0.4, 0.5) is 8.78 Å². The van der Waals surface area contributed by atoms with Gasteiger partial charge < -0.3 is 15.2 Å². The summed E-state index contributed by atoms with van der Waals surface area (Å²) in [4.78, 5) is 2.34. The van der Waals surface area contributed by atoms with Crippen LogP contribution in [0.5, 0.6) is 5.75 Å². The quantitative estimate of drug-likeness (QED) is 0.778. The van der Waals surface area contributed by atoms with Gasteiger partial charge >= 0.3 is 0 Å². The van der Waals surface area contributed by atoms with E-state index in [0.717, 1.165) is 57.9 Å². The highest BCUT2D eigenvalue weighted by Gasteiger charge is 2.10. The molecular formula is C14H20F2N2O2. The van der Waals surface area contributed by atoms with Crippen molar-refractivity contribution in [2.45, 2.75) is 13.0 Å². The van der Waals surface area contributed by atoms with Crippen LogP contribution in [-0.4, -0.2) is 49.4 Å². The molecule has 1 aliphatic rings.